The molecule has 3 nitrogen and oxygen atoms in total. The number of rotatable bonds is 6. The van der Waals surface area contributed by atoms with E-state index in [4.69, 9.17) is 9.47 Å². The smallest absolute Gasteiger partial charge is 0.136 e. The first-order valence-corrected chi connectivity index (χ1v) is 9.85. The minimum absolute atomic E-state index is 0.387. The van der Waals surface area contributed by atoms with E-state index < -0.39 is 10.8 Å². The van der Waals surface area contributed by atoms with Gasteiger partial charge in [-0.05, 0) is 38.5 Å². The van der Waals surface area contributed by atoms with Gasteiger partial charge in [0.2, 0.25) is 0 Å². The molecular formula is C19H24O3S2. The summed E-state index contributed by atoms with van der Waals surface area (Å²) in [6.07, 6.45) is 0. The summed E-state index contributed by atoms with van der Waals surface area (Å²) >= 11 is 1.63. The molecule has 0 aliphatic heterocycles. The molecule has 24 heavy (non-hydrogen) atoms. The Hall–Kier alpha value is -1.46. The summed E-state index contributed by atoms with van der Waals surface area (Å²) in [5.41, 5.74) is 1.21. The molecule has 0 saturated heterocycles. The number of benzene rings is 2. The molecular weight excluding hydrogens is 340 g/mol. The van der Waals surface area contributed by atoms with E-state index in [9.17, 15) is 4.21 Å². The van der Waals surface area contributed by atoms with Crippen LogP contribution in [0.4, 0.5) is 0 Å². The van der Waals surface area contributed by atoms with Crippen LogP contribution in [0, 0.1) is 0 Å². The van der Waals surface area contributed by atoms with E-state index in [2.05, 4.69) is 12.1 Å². The van der Waals surface area contributed by atoms with Gasteiger partial charge < -0.3 is 9.47 Å². The quantitative estimate of drug-likeness (QED) is 0.683. The van der Waals surface area contributed by atoms with Crippen LogP contribution in [0.2, 0.25) is 0 Å². The third-order valence-electron chi connectivity index (χ3n) is 3.45. The number of methoxy groups -OCH3 is 2. The molecule has 130 valence electrons. The lowest BCUT2D eigenvalue weighted by Gasteiger charge is -2.23. The van der Waals surface area contributed by atoms with Crippen LogP contribution in [0.3, 0.4) is 0 Å². The zero-order valence-electron chi connectivity index (χ0n) is 14.8. The van der Waals surface area contributed by atoms with Gasteiger partial charge in [-0.15, -0.1) is 11.8 Å². The predicted octanol–water partition coefficient (Wildman–Crippen LogP) is 4.90. The molecule has 0 bridgehead atoms. The van der Waals surface area contributed by atoms with Crippen molar-refractivity contribution >= 4 is 22.6 Å². The van der Waals surface area contributed by atoms with Crippen molar-refractivity contribution in [2.75, 3.05) is 14.2 Å². The Labute approximate surface area is 151 Å². The molecule has 0 fully saturated rings. The Morgan fingerprint density at radius 2 is 1.54 bits per heavy atom. The van der Waals surface area contributed by atoms with E-state index in [1.165, 1.54) is 5.56 Å². The van der Waals surface area contributed by atoms with Crippen molar-refractivity contribution in [1.29, 1.82) is 0 Å². The Morgan fingerprint density at radius 1 is 0.958 bits per heavy atom. The Kier molecular flexibility index (Phi) is 6.35. The average molecular weight is 365 g/mol. The van der Waals surface area contributed by atoms with Gasteiger partial charge in [-0.1, -0.05) is 30.3 Å². The highest BCUT2D eigenvalue weighted by molar-refractivity contribution is 7.99. The minimum atomic E-state index is -1.22. The lowest BCUT2D eigenvalue weighted by Crippen LogP contribution is -2.23. The first kappa shape index (κ1) is 18.9. The maximum Gasteiger partial charge on any atom is 0.136 e. The monoisotopic (exact) mass is 364 g/mol. The highest BCUT2D eigenvalue weighted by Gasteiger charge is 2.29. The molecule has 0 spiro atoms. The third-order valence-corrected chi connectivity index (χ3v) is 6.64. The Balaban J connectivity index is 2.48. The fraction of sp³-hybridized carbons (Fsp3) is 0.368. The molecule has 2 aromatic carbocycles. The van der Waals surface area contributed by atoms with Crippen LogP contribution in [0.25, 0.3) is 0 Å². The van der Waals surface area contributed by atoms with Crippen molar-refractivity contribution in [3.05, 3.63) is 48.0 Å². The molecule has 2 rings (SSSR count). The maximum atomic E-state index is 13.1. The van der Waals surface area contributed by atoms with E-state index in [0.717, 1.165) is 16.4 Å². The summed E-state index contributed by atoms with van der Waals surface area (Å²) in [6, 6.07) is 13.9. The van der Waals surface area contributed by atoms with Crippen molar-refractivity contribution < 1.29 is 13.7 Å². The Bertz CT molecular complexity index is 707. The molecule has 0 radical (unpaired) electrons. The van der Waals surface area contributed by atoms with Gasteiger partial charge in [-0.25, -0.2) is 0 Å². The van der Waals surface area contributed by atoms with E-state index in [0.29, 0.717) is 10.6 Å². The zero-order chi connectivity index (χ0) is 17.7. The molecule has 2 aromatic rings. The molecule has 0 saturated carbocycles. The molecule has 5 heteroatoms. The van der Waals surface area contributed by atoms with Gasteiger partial charge in [0.25, 0.3) is 0 Å². The van der Waals surface area contributed by atoms with E-state index in [-0.39, 0.29) is 4.75 Å². The lowest BCUT2D eigenvalue weighted by atomic mass is 10.2. The second-order valence-corrected chi connectivity index (χ2v) is 9.44. The molecule has 1 unspecified atom stereocenters. The van der Waals surface area contributed by atoms with Crippen molar-refractivity contribution in [3.63, 3.8) is 0 Å². The van der Waals surface area contributed by atoms with Gasteiger partial charge in [0, 0.05) is 10.5 Å². The third kappa shape index (κ3) is 4.33. The van der Waals surface area contributed by atoms with E-state index >= 15 is 0 Å². The fourth-order valence-electron chi connectivity index (χ4n) is 2.20. The van der Waals surface area contributed by atoms with Gasteiger partial charge >= 0.3 is 0 Å². The predicted molar refractivity (Wildman–Crippen MR) is 102 cm³/mol. The lowest BCUT2D eigenvalue weighted by molar-refractivity contribution is 0.383. The highest BCUT2D eigenvalue weighted by Crippen LogP contribution is 2.43. The summed E-state index contributed by atoms with van der Waals surface area (Å²) in [5.74, 6) is 2.14. The highest BCUT2D eigenvalue weighted by atomic mass is 32.2. The van der Waals surface area contributed by atoms with Crippen molar-refractivity contribution in [2.24, 2.45) is 0 Å². The maximum absolute atomic E-state index is 13.1. The van der Waals surface area contributed by atoms with Crippen molar-refractivity contribution in [1.82, 2.24) is 0 Å². The van der Waals surface area contributed by atoms with Crippen LogP contribution >= 0.6 is 11.8 Å². The summed E-state index contributed by atoms with van der Waals surface area (Å²) in [6.45, 7) is 5.90. The van der Waals surface area contributed by atoms with E-state index in [1.54, 1.807) is 26.0 Å². The van der Waals surface area contributed by atoms with Crippen LogP contribution in [0.5, 0.6) is 11.5 Å². The molecule has 1 atom stereocenters. The molecule has 0 heterocycles. The number of hydrogen-bond acceptors (Lipinski definition) is 4. The first-order valence-electron chi connectivity index (χ1n) is 7.72. The first-order chi connectivity index (χ1) is 11.4. The molecule has 0 amide bonds. The molecule has 0 aliphatic rings. The van der Waals surface area contributed by atoms with Crippen LogP contribution in [0.15, 0.2) is 52.3 Å². The molecule has 0 aliphatic carbocycles. The average Bonchev–Trinajstić information content (AvgIpc) is 2.58. The zero-order valence-corrected chi connectivity index (χ0v) is 16.4. The van der Waals surface area contributed by atoms with Crippen LogP contribution < -0.4 is 9.47 Å². The van der Waals surface area contributed by atoms with Crippen molar-refractivity contribution in [2.45, 2.75) is 41.1 Å². The minimum Gasteiger partial charge on any atom is -0.496 e. The number of hydrogen-bond donors (Lipinski definition) is 0. The summed E-state index contributed by atoms with van der Waals surface area (Å²) in [5, 5.41) is 0. The largest absolute Gasteiger partial charge is 0.496 e. The fourth-order valence-corrected chi connectivity index (χ4v) is 4.84. The SMILES string of the molecule is COc1ccc(OC)c(S(=O)C(C)(C)C)c1SCc1ccccc1. The number of thioether (sulfide) groups is 1. The normalized spacial score (nSPS) is 12.7. The number of ether oxygens (including phenoxy) is 2. The van der Waals surface area contributed by atoms with Gasteiger partial charge in [-0.3, -0.25) is 4.21 Å². The van der Waals surface area contributed by atoms with Gasteiger partial charge in [-0.2, -0.15) is 0 Å². The second kappa shape index (κ2) is 8.08. The van der Waals surface area contributed by atoms with Gasteiger partial charge in [0.05, 0.1) is 34.8 Å². The van der Waals surface area contributed by atoms with Gasteiger partial charge in [0.15, 0.2) is 0 Å². The van der Waals surface area contributed by atoms with Crippen LogP contribution in [0.1, 0.15) is 26.3 Å². The van der Waals surface area contributed by atoms with Crippen molar-refractivity contribution in [3.8, 4) is 11.5 Å². The standard InChI is InChI=1S/C19H24O3S2/c1-19(2,3)24(20)18-16(22-5)12-11-15(21-4)17(18)23-13-14-9-7-6-8-10-14/h6-12H,13H2,1-5H3. The topological polar surface area (TPSA) is 35.5 Å². The summed E-state index contributed by atoms with van der Waals surface area (Å²) in [7, 11) is 2.03. The second-order valence-electron chi connectivity index (χ2n) is 6.28. The van der Waals surface area contributed by atoms with Gasteiger partial charge in [0.1, 0.15) is 11.5 Å². The van der Waals surface area contributed by atoms with E-state index in [1.807, 2.05) is 51.1 Å². The molecule has 0 aromatic heterocycles. The van der Waals surface area contributed by atoms with Crippen LogP contribution in [-0.2, 0) is 16.6 Å². The summed E-state index contributed by atoms with van der Waals surface area (Å²) in [4.78, 5) is 1.60. The molecule has 0 N–H and O–H groups in total. The van der Waals surface area contributed by atoms with Crippen LogP contribution in [-0.4, -0.2) is 23.2 Å². The Morgan fingerprint density at radius 3 is 2.08 bits per heavy atom. The summed E-state index contributed by atoms with van der Waals surface area (Å²) < 4.78 is 23.7.